The van der Waals surface area contributed by atoms with Crippen molar-refractivity contribution in [2.75, 3.05) is 0 Å². The molecule has 3 N–H and O–H groups in total. The molecule has 0 atom stereocenters. The number of benzene rings is 1. The van der Waals surface area contributed by atoms with E-state index in [0.29, 0.717) is 21.6 Å². The van der Waals surface area contributed by atoms with Gasteiger partial charge in [0.2, 0.25) is 0 Å². The Morgan fingerprint density at radius 3 is 2.53 bits per heavy atom. The molecular formula is C13H13BrN2O3. The van der Waals surface area contributed by atoms with Crippen molar-refractivity contribution in [3.05, 3.63) is 38.7 Å². The van der Waals surface area contributed by atoms with Gasteiger partial charge in [-0.05, 0) is 40.0 Å². The minimum absolute atomic E-state index is 0.0844. The number of halogens is 1. The summed E-state index contributed by atoms with van der Waals surface area (Å²) in [5.74, 6) is -0.0326. The number of nitrogens with zero attached hydrogens (tertiary/aromatic N) is 1. The normalized spacial score (nSPS) is 10.9. The summed E-state index contributed by atoms with van der Waals surface area (Å²) in [6.45, 7) is 3.87. The SMILES string of the molecule is CC(C)c1nc(-c2ccc(O)c(O)c2)[nH]c(=O)c1Br. The number of H-pyrrole nitrogens is 1. The third kappa shape index (κ3) is 2.63. The lowest BCUT2D eigenvalue weighted by Crippen LogP contribution is -2.14. The fourth-order valence-corrected chi connectivity index (χ4v) is 2.31. The Balaban J connectivity index is 2.63. The van der Waals surface area contributed by atoms with E-state index in [1.807, 2.05) is 13.8 Å². The van der Waals surface area contributed by atoms with Gasteiger partial charge in [-0.2, -0.15) is 0 Å². The highest BCUT2D eigenvalue weighted by atomic mass is 79.9. The van der Waals surface area contributed by atoms with Crippen LogP contribution in [0.5, 0.6) is 11.5 Å². The lowest BCUT2D eigenvalue weighted by molar-refractivity contribution is 0.404. The topological polar surface area (TPSA) is 86.2 Å². The van der Waals surface area contributed by atoms with E-state index >= 15 is 0 Å². The number of phenols is 2. The molecule has 0 spiro atoms. The van der Waals surface area contributed by atoms with Crippen molar-refractivity contribution in [2.45, 2.75) is 19.8 Å². The molecule has 2 aromatic rings. The molecule has 0 aliphatic heterocycles. The quantitative estimate of drug-likeness (QED) is 0.741. The largest absolute Gasteiger partial charge is 0.504 e. The van der Waals surface area contributed by atoms with Gasteiger partial charge in [0.15, 0.2) is 11.5 Å². The van der Waals surface area contributed by atoms with Gasteiger partial charge >= 0.3 is 0 Å². The predicted molar refractivity (Wildman–Crippen MR) is 75.4 cm³/mol. The van der Waals surface area contributed by atoms with Gasteiger partial charge in [0.05, 0.1) is 5.69 Å². The average molecular weight is 325 g/mol. The molecule has 0 unspecified atom stereocenters. The van der Waals surface area contributed by atoms with Crippen molar-refractivity contribution in [1.82, 2.24) is 9.97 Å². The Labute approximate surface area is 118 Å². The van der Waals surface area contributed by atoms with E-state index in [1.54, 1.807) is 6.07 Å². The summed E-state index contributed by atoms with van der Waals surface area (Å²) in [7, 11) is 0. The van der Waals surface area contributed by atoms with Gasteiger partial charge in [-0.1, -0.05) is 13.8 Å². The third-order valence-electron chi connectivity index (χ3n) is 2.68. The number of nitrogens with one attached hydrogen (secondary N) is 1. The van der Waals surface area contributed by atoms with E-state index in [2.05, 4.69) is 25.9 Å². The summed E-state index contributed by atoms with van der Waals surface area (Å²) >= 11 is 3.22. The first-order chi connectivity index (χ1) is 8.90. The fourth-order valence-electron chi connectivity index (χ4n) is 1.67. The minimum atomic E-state index is -0.277. The fraction of sp³-hybridized carbons (Fsp3) is 0.231. The molecule has 100 valence electrons. The summed E-state index contributed by atoms with van der Waals surface area (Å²) in [4.78, 5) is 18.8. The molecule has 0 amide bonds. The first-order valence-electron chi connectivity index (χ1n) is 5.72. The molecule has 0 radical (unpaired) electrons. The highest BCUT2D eigenvalue weighted by molar-refractivity contribution is 9.10. The van der Waals surface area contributed by atoms with Crippen molar-refractivity contribution >= 4 is 15.9 Å². The molecule has 1 aromatic carbocycles. The van der Waals surface area contributed by atoms with E-state index in [9.17, 15) is 15.0 Å². The van der Waals surface area contributed by atoms with Crippen LogP contribution in [0, 0.1) is 0 Å². The van der Waals surface area contributed by atoms with E-state index in [4.69, 9.17) is 0 Å². The predicted octanol–water partition coefficient (Wildman–Crippen LogP) is 2.73. The highest BCUT2D eigenvalue weighted by Crippen LogP contribution is 2.29. The smallest absolute Gasteiger partial charge is 0.265 e. The number of phenolic OH excluding ortho intramolecular Hbond substituents is 2. The van der Waals surface area contributed by atoms with Gasteiger partial charge in [0, 0.05) is 5.56 Å². The Bertz CT molecular complexity index is 680. The number of aromatic hydroxyl groups is 2. The highest BCUT2D eigenvalue weighted by Gasteiger charge is 2.14. The van der Waals surface area contributed by atoms with Crippen molar-refractivity contribution in [2.24, 2.45) is 0 Å². The Morgan fingerprint density at radius 2 is 1.95 bits per heavy atom. The molecule has 0 saturated carbocycles. The molecule has 19 heavy (non-hydrogen) atoms. The first kappa shape index (κ1) is 13.6. The summed E-state index contributed by atoms with van der Waals surface area (Å²) in [6.07, 6.45) is 0. The zero-order chi connectivity index (χ0) is 14.2. The zero-order valence-electron chi connectivity index (χ0n) is 10.4. The van der Waals surface area contributed by atoms with E-state index < -0.39 is 0 Å². The van der Waals surface area contributed by atoms with Crippen LogP contribution in [0.15, 0.2) is 27.5 Å². The van der Waals surface area contributed by atoms with Gasteiger partial charge in [0.1, 0.15) is 10.3 Å². The van der Waals surface area contributed by atoms with Crippen LogP contribution in [0.3, 0.4) is 0 Å². The van der Waals surface area contributed by atoms with Gasteiger partial charge in [0.25, 0.3) is 5.56 Å². The second kappa shape index (κ2) is 5.05. The number of rotatable bonds is 2. The summed E-state index contributed by atoms with van der Waals surface area (Å²) < 4.78 is 0.411. The molecule has 6 heteroatoms. The number of aromatic nitrogens is 2. The lowest BCUT2D eigenvalue weighted by Gasteiger charge is -2.09. The van der Waals surface area contributed by atoms with E-state index in [0.717, 1.165) is 0 Å². The van der Waals surface area contributed by atoms with E-state index in [-0.39, 0.29) is 23.0 Å². The van der Waals surface area contributed by atoms with Crippen molar-refractivity contribution < 1.29 is 10.2 Å². The number of hydrogen-bond acceptors (Lipinski definition) is 4. The van der Waals surface area contributed by atoms with Crippen molar-refractivity contribution in [1.29, 1.82) is 0 Å². The van der Waals surface area contributed by atoms with Crippen LogP contribution >= 0.6 is 15.9 Å². The monoisotopic (exact) mass is 324 g/mol. The van der Waals surface area contributed by atoms with Crippen LogP contribution < -0.4 is 5.56 Å². The van der Waals surface area contributed by atoms with Crippen LogP contribution in [-0.2, 0) is 0 Å². The number of aromatic amines is 1. The molecule has 1 heterocycles. The van der Waals surface area contributed by atoms with Crippen LogP contribution in [0.2, 0.25) is 0 Å². The van der Waals surface area contributed by atoms with Crippen LogP contribution in [0.25, 0.3) is 11.4 Å². The molecule has 1 aromatic heterocycles. The van der Waals surface area contributed by atoms with Gasteiger partial charge < -0.3 is 15.2 Å². The van der Waals surface area contributed by atoms with Gasteiger partial charge in [-0.15, -0.1) is 0 Å². The molecule has 0 aliphatic rings. The van der Waals surface area contributed by atoms with Crippen LogP contribution in [-0.4, -0.2) is 20.2 Å². The Hall–Kier alpha value is -1.82. The Morgan fingerprint density at radius 1 is 1.26 bits per heavy atom. The van der Waals surface area contributed by atoms with Gasteiger partial charge in [-0.3, -0.25) is 4.79 Å². The first-order valence-corrected chi connectivity index (χ1v) is 6.51. The zero-order valence-corrected chi connectivity index (χ0v) is 12.0. The Kier molecular flexibility index (Phi) is 3.61. The number of hydrogen-bond donors (Lipinski definition) is 3. The summed E-state index contributed by atoms with van der Waals surface area (Å²) in [6, 6.07) is 4.28. The van der Waals surface area contributed by atoms with Crippen LogP contribution in [0.1, 0.15) is 25.5 Å². The lowest BCUT2D eigenvalue weighted by atomic mass is 10.1. The standard InChI is InChI=1S/C13H13BrN2O3/c1-6(2)11-10(14)13(19)16-12(15-11)7-3-4-8(17)9(18)5-7/h3-6,17-18H,1-2H3,(H,15,16,19). The third-order valence-corrected chi connectivity index (χ3v) is 3.45. The maximum atomic E-state index is 11.8. The maximum Gasteiger partial charge on any atom is 0.265 e. The average Bonchev–Trinajstić information content (AvgIpc) is 2.35. The molecule has 0 aliphatic carbocycles. The van der Waals surface area contributed by atoms with Crippen molar-refractivity contribution in [3.8, 4) is 22.9 Å². The molecular weight excluding hydrogens is 312 g/mol. The van der Waals surface area contributed by atoms with Gasteiger partial charge in [-0.25, -0.2) is 4.98 Å². The van der Waals surface area contributed by atoms with Crippen molar-refractivity contribution in [3.63, 3.8) is 0 Å². The van der Waals surface area contributed by atoms with E-state index in [1.165, 1.54) is 12.1 Å². The molecule has 0 bridgehead atoms. The van der Waals surface area contributed by atoms with Crippen LogP contribution in [0.4, 0.5) is 0 Å². The summed E-state index contributed by atoms with van der Waals surface area (Å²) in [5.41, 5.74) is 0.898. The summed E-state index contributed by atoms with van der Waals surface area (Å²) in [5, 5.41) is 18.8. The molecule has 0 fully saturated rings. The second-order valence-electron chi connectivity index (χ2n) is 4.47. The molecule has 2 rings (SSSR count). The maximum absolute atomic E-state index is 11.8. The second-order valence-corrected chi connectivity index (χ2v) is 5.26. The minimum Gasteiger partial charge on any atom is -0.504 e. The molecule has 0 saturated heterocycles. The molecule has 5 nitrogen and oxygen atoms in total.